The summed E-state index contributed by atoms with van der Waals surface area (Å²) in [6.45, 7) is 0.313. The summed E-state index contributed by atoms with van der Waals surface area (Å²) in [5, 5.41) is 3.49. The van der Waals surface area contributed by atoms with Gasteiger partial charge in [0.2, 0.25) is 5.91 Å². The summed E-state index contributed by atoms with van der Waals surface area (Å²) in [6, 6.07) is 9.03. The molecule has 0 radical (unpaired) electrons. The molecule has 1 saturated carbocycles. The molecule has 1 N–H and O–H groups in total. The molecule has 8 heteroatoms. The standard InChI is InChI=1S/C20H24N4O3S/c25-16(14-24-17(26)20(22-18(24)27)10-5-2-6-11-20)23-12-7-13-28-19(23)21-15-8-3-1-4-9-15/h1,3-4,8-9H,2,5-7,10-14H2,(H,22,27). The van der Waals surface area contributed by atoms with Crippen LogP contribution in [0.3, 0.4) is 0 Å². The van der Waals surface area contributed by atoms with Crippen molar-refractivity contribution in [2.45, 2.75) is 44.1 Å². The number of urea groups is 1. The predicted molar refractivity (Wildman–Crippen MR) is 108 cm³/mol. The summed E-state index contributed by atoms with van der Waals surface area (Å²) in [4.78, 5) is 45.6. The van der Waals surface area contributed by atoms with Crippen molar-refractivity contribution in [3.8, 4) is 0 Å². The van der Waals surface area contributed by atoms with Crippen molar-refractivity contribution in [2.24, 2.45) is 4.99 Å². The maximum Gasteiger partial charge on any atom is 0.325 e. The van der Waals surface area contributed by atoms with Crippen LogP contribution in [0.2, 0.25) is 0 Å². The molecule has 1 spiro atoms. The summed E-state index contributed by atoms with van der Waals surface area (Å²) < 4.78 is 0. The number of imide groups is 1. The quantitative estimate of drug-likeness (QED) is 0.791. The van der Waals surface area contributed by atoms with Gasteiger partial charge in [-0.05, 0) is 31.4 Å². The average molecular weight is 401 g/mol. The molecule has 1 aliphatic carbocycles. The van der Waals surface area contributed by atoms with Crippen LogP contribution in [0.15, 0.2) is 35.3 Å². The van der Waals surface area contributed by atoms with Gasteiger partial charge in [0.15, 0.2) is 5.17 Å². The lowest BCUT2D eigenvalue weighted by Crippen LogP contribution is -2.49. The van der Waals surface area contributed by atoms with E-state index < -0.39 is 11.6 Å². The number of carbonyl (C=O) groups excluding carboxylic acids is 3. The number of para-hydroxylation sites is 1. The molecule has 0 bridgehead atoms. The molecule has 2 aliphatic heterocycles. The molecule has 3 fully saturated rings. The number of nitrogens with one attached hydrogen (secondary N) is 1. The van der Waals surface area contributed by atoms with Crippen molar-refractivity contribution >= 4 is 40.5 Å². The second-order valence-corrected chi connectivity index (χ2v) is 8.50. The van der Waals surface area contributed by atoms with Crippen molar-refractivity contribution < 1.29 is 14.4 Å². The molecule has 0 aromatic heterocycles. The monoisotopic (exact) mass is 400 g/mol. The Labute approximate surface area is 168 Å². The third-order valence-electron chi connectivity index (χ3n) is 5.52. The Morgan fingerprint density at radius 1 is 1.11 bits per heavy atom. The van der Waals surface area contributed by atoms with Gasteiger partial charge in [-0.3, -0.25) is 19.4 Å². The van der Waals surface area contributed by atoms with Gasteiger partial charge < -0.3 is 5.32 Å². The fourth-order valence-corrected chi connectivity index (χ4v) is 5.01. The highest BCUT2D eigenvalue weighted by atomic mass is 32.2. The summed E-state index contributed by atoms with van der Waals surface area (Å²) in [5.41, 5.74) is -0.0198. The number of carbonyl (C=O) groups is 3. The topological polar surface area (TPSA) is 82.1 Å². The minimum atomic E-state index is -0.798. The van der Waals surface area contributed by atoms with E-state index in [0.29, 0.717) is 24.6 Å². The Balaban J connectivity index is 1.49. The van der Waals surface area contributed by atoms with E-state index in [4.69, 9.17) is 0 Å². The van der Waals surface area contributed by atoms with Gasteiger partial charge in [-0.25, -0.2) is 9.79 Å². The van der Waals surface area contributed by atoms with E-state index in [-0.39, 0.29) is 18.4 Å². The summed E-state index contributed by atoms with van der Waals surface area (Å²) in [5.74, 6) is 0.372. The fourth-order valence-electron chi connectivity index (χ4n) is 4.03. The van der Waals surface area contributed by atoms with Crippen LogP contribution in [-0.2, 0) is 9.59 Å². The van der Waals surface area contributed by atoms with Crippen molar-refractivity contribution in [1.82, 2.24) is 15.1 Å². The fraction of sp³-hybridized carbons (Fsp3) is 0.500. The van der Waals surface area contributed by atoms with Crippen LogP contribution in [0.4, 0.5) is 10.5 Å². The first kappa shape index (κ1) is 19.0. The molecule has 2 heterocycles. The SMILES string of the molecule is O=C(CN1C(=O)NC2(CCCCC2)C1=O)N1CCCSC1=Nc1ccccc1. The number of benzene rings is 1. The van der Waals surface area contributed by atoms with E-state index in [0.717, 1.165) is 42.0 Å². The van der Waals surface area contributed by atoms with Crippen LogP contribution in [0.25, 0.3) is 0 Å². The Bertz CT molecular complexity index is 805. The van der Waals surface area contributed by atoms with Gasteiger partial charge in [0.05, 0.1) is 5.69 Å². The molecule has 4 amide bonds. The number of amidine groups is 1. The number of aliphatic imine (C=N–C) groups is 1. The van der Waals surface area contributed by atoms with Crippen LogP contribution in [0.5, 0.6) is 0 Å². The summed E-state index contributed by atoms with van der Waals surface area (Å²) in [7, 11) is 0. The first-order valence-electron chi connectivity index (χ1n) is 9.80. The third kappa shape index (κ3) is 3.65. The minimum Gasteiger partial charge on any atom is -0.323 e. The molecular weight excluding hydrogens is 376 g/mol. The first-order chi connectivity index (χ1) is 13.6. The number of nitrogens with zero attached hydrogens (tertiary/aromatic N) is 3. The van der Waals surface area contributed by atoms with Gasteiger partial charge in [0.1, 0.15) is 12.1 Å². The van der Waals surface area contributed by atoms with E-state index in [1.54, 1.807) is 4.90 Å². The van der Waals surface area contributed by atoms with Crippen molar-refractivity contribution in [3.63, 3.8) is 0 Å². The molecular formula is C20H24N4O3S. The van der Waals surface area contributed by atoms with E-state index >= 15 is 0 Å². The molecule has 1 aromatic carbocycles. The number of rotatable bonds is 3. The number of thioether (sulfide) groups is 1. The lowest BCUT2D eigenvalue weighted by atomic mass is 9.82. The molecule has 2 saturated heterocycles. The highest BCUT2D eigenvalue weighted by Gasteiger charge is 2.51. The molecule has 4 rings (SSSR count). The second kappa shape index (κ2) is 7.95. The maximum atomic E-state index is 13.0. The third-order valence-corrected chi connectivity index (χ3v) is 6.58. The zero-order chi connectivity index (χ0) is 19.6. The van der Waals surface area contributed by atoms with Crippen molar-refractivity contribution in [1.29, 1.82) is 0 Å². The molecule has 3 aliphatic rings. The highest BCUT2D eigenvalue weighted by Crippen LogP contribution is 2.33. The van der Waals surface area contributed by atoms with E-state index in [1.165, 1.54) is 11.8 Å². The van der Waals surface area contributed by atoms with E-state index in [1.807, 2.05) is 30.3 Å². The van der Waals surface area contributed by atoms with Crippen LogP contribution >= 0.6 is 11.8 Å². The smallest absolute Gasteiger partial charge is 0.323 e. The van der Waals surface area contributed by atoms with Crippen molar-refractivity contribution in [3.05, 3.63) is 30.3 Å². The Morgan fingerprint density at radius 2 is 1.86 bits per heavy atom. The van der Waals surface area contributed by atoms with Gasteiger partial charge >= 0.3 is 6.03 Å². The predicted octanol–water partition coefficient (Wildman–Crippen LogP) is 2.89. The second-order valence-electron chi connectivity index (χ2n) is 7.44. The summed E-state index contributed by atoms with van der Waals surface area (Å²) in [6.07, 6.45) is 5.09. The van der Waals surface area contributed by atoms with E-state index in [2.05, 4.69) is 10.3 Å². The number of amides is 4. The number of hydrogen-bond donors (Lipinski definition) is 1. The molecule has 0 unspecified atom stereocenters. The van der Waals surface area contributed by atoms with Gasteiger partial charge in [-0.15, -0.1) is 0 Å². The van der Waals surface area contributed by atoms with Gasteiger partial charge in [0, 0.05) is 12.3 Å². The normalized spacial score (nSPS) is 23.4. The zero-order valence-corrected chi connectivity index (χ0v) is 16.5. The zero-order valence-electron chi connectivity index (χ0n) is 15.7. The van der Waals surface area contributed by atoms with Crippen LogP contribution in [0.1, 0.15) is 38.5 Å². The van der Waals surface area contributed by atoms with Crippen LogP contribution in [0, 0.1) is 0 Å². The Kier molecular flexibility index (Phi) is 5.39. The van der Waals surface area contributed by atoms with Crippen LogP contribution < -0.4 is 5.32 Å². The highest BCUT2D eigenvalue weighted by molar-refractivity contribution is 8.13. The first-order valence-corrected chi connectivity index (χ1v) is 10.8. The lowest BCUT2D eigenvalue weighted by Gasteiger charge is -2.31. The van der Waals surface area contributed by atoms with Gasteiger partial charge in [-0.2, -0.15) is 0 Å². The average Bonchev–Trinajstić information content (AvgIpc) is 2.93. The minimum absolute atomic E-state index is 0.235. The Morgan fingerprint density at radius 3 is 2.61 bits per heavy atom. The molecule has 0 atom stereocenters. The number of hydrogen-bond acceptors (Lipinski definition) is 5. The van der Waals surface area contributed by atoms with Gasteiger partial charge in [-0.1, -0.05) is 49.2 Å². The van der Waals surface area contributed by atoms with E-state index in [9.17, 15) is 14.4 Å². The molecule has 7 nitrogen and oxygen atoms in total. The molecule has 148 valence electrons. The van der Waals surface area contributed by atoms with Crippen molar-refractivity contribution in [2.75, 3.05) is 18.8 Å². The lowest BCUT2D eigenvalue weighted by molar-refractivity contribution is -0.137. The van der Waals surface area contributed by atoms with Crippen LogP contribution in [-0.4, -0.2) is 57.2 Å². The molecule has 1 aromatic rings. The maximum absolute atomic E-state index is 13.0. The molecule has 28 heavy (non-hydrogen) atoms. The van der Waals surface area contributed by atoms with Gasteiger partial charge in [0.25, 0.3) is 5.91 Å². The Hall–Kier alpha value is -2.35. The summed E-state index contributed by atoms with van der Waals surface area (Å²) >= 11 is 1.53. The largest absolute Gasteiger partial charge is 0.325 e.